The van der Waals surface area contributed by atoms with Crippen LogP contribution < -0.4 is 5.46 Å². The molecule has 0 saturated carbocycles. The molecule has 1 N–H and O–H groups in total. The minimum atomic E-state index is -0.921. The second-order valence-corrected chi connectivity index (χ2v) is 5.92. The van der Waals surface area contributed by atoms with Gasteiger partial charge in [0.1, 0.15) is 0 Å². The molecule has 0 amide bonds. The highest BCUT2D eigenvalue weighted by atomic mass is 16.5. The van der Waals surface area contributed by atoms with E-state index in [4.69, 9.17) is 4.65 Å². The molecule has 0 aliphatic carbocycles. The molecular weight excluding hydrogens is 319 g/mol. The molecule has 0 bridgehead atoms. The molecule has 1 aromatic carbocycles. The van der Waals surface area contributed by atoms with Crippen molar-refractivity contribution in [2.75, 3.05) is 0 Å². The number of Topliss-reactive ketones (excluding diaryl/α,β-unsaturated/α-hetero) is 1. The van der Waals surface area contributed by atoms with Gasteiger partial charge in [-0.2, -0.15) is 0 Å². The summed E-state index contributed by atoms with van der Waals surface area (Å²) in [6.07, 6.45) is 3.52. The van der Waals surface area contributed by atoms with Gasteiger partial charge in [0.05, 0.1) is 6.61 Å². The first-order valence-electron chi connectivity index (χ1n) is 7.88. The van der Waals surface area contributed by atoms with Crippen molar-refractivity contribution in [3.05, 3.63) is 59.7 Å². The molecule has 3 heterocycles. The van der Waals surface area contributed by atoms with E-state index in [9.17, 15) is 9.82 Å². The molecule has 0 radical (unpaired) electrons. The summed E-state index contributed by atoms with van der Waals surface area (Å²) in [4.78, 5) is 21.0. The van der Waals surface area contributed by atoms with Crippen LogP contribution in [0.5, 0.6) is 0 Å². The fourth-order valence-corrected chi connectivity index (χ4v) is 2.89. The number of pyridine rings is 1. The predicted molar refractivity (Wildman–Crippen MR) is 91.1 cm³/mol. The first-order chi connectivity index (χ1) is 12.1. The van der Waals surface area contributed by atoms with E-state index in [0.29, 0.717) is 12.4 Å². The van der Waals surface area contributed by atoms with Crippen molar-refractivity contribution in [1.29, 1.82) is 0 Å². The van der Waals surface area contributed by atoms with Crippen LogP contribution in [0.1, 0.15) is 21.7 Å². The summed E-state index contributed by atoms with van der Waals surface area (Å²) in [7, 11) is 0.824. The maximum absolute atomic E-state index is 12.5. The Morgan fingerprint density at radius 3 is 3.08 bits per heavy atom. The SMILES string of the molecule is Cn1nc(C(=O)Cc2ccc3c(c2)B(O)OC3)nc1-c1cccnc1. The van der Waals surface area contributed by atoms with Crippen LogP contribution in [0, 0.1) is 0 Å². The lowest BCUT2D eigenvalue weighted by Crippen LogP contribution is -2.28. The van der Waals surface area contributed by atoms with Gasteiger partial charge in [0.25, 0.3) is 0 Å². The summed E-state index contributed by atoms with van der Waals surface area (Å²) in [5.74, 6) is 0.576. The Morgan fingerprint density at radius 2 is 2.28 bits per heavy atom. The maximum atomic E-state index is 12.5. The fraction of sp³-hybridized carbons (Fsp3) is 0.176. The second-order valence-electron chi connectivity index (χ2n) is 5.92. The van der Waals surface area contributed by atoms with Crippen LogP contribution in [-0.4, -0.2) is 37.7 Å². The lowest BCUT2D eigenvalue weighted by Gasteiger charge is -2.02. The van der Waals surface area contributed by atoms with E-state index >= 15 is 0 Å². The molecular formula is C17H15BN4O3. The summed E-state index contributed by atoms with van der Waals surface area (Å²) in [5, 5.41) is 14.0. The number of hydrogen-bond acceptors (Lipinski definition) is 6. The predicted octanol–water partition coefficient (Wildman–Crippen LogP) is 0.520. The molecule has 0 saturated heterocycles. The van der Waals surface area contributed by atoms with Crippen molar-refractivity contribution in [2.45, 2.75) is 13.0 Å². The second kappa shape index (κ2) is 6.23. The summed E-state index contributed by atoms with van der Waals surface area (Å²) in [6.45, 7) is 0.390. The summed E-state index contributed by atoms with van der Waals surface area (Å²) in [5.41, 5.74) is 3.26. The van der Waals surface area contributed by atoms with Gasteiger partial charge < -0.3 is 9.68 Å². The van der Waals surface area contributed by atoms with Crippen molar-refractivity contribution in [3.8, 4) is 11.4 Å². The molecule has 8 heteroatoms. The molecule has 4 rings (SSSR count). The zero-order valence-corrected chi connectivity index (χ0v) is 13.6. The Balaban J connectivity index is 1.57. The molecule has 7 nitrogen and oxygen atoms in total. The zero-order chi connectivity index (χ0) is 17.4. The largest absolute Gasteiger partial charge is 0.491 e. The Morgan fingerprint density at radius 1 is 1.40 bits per heavy atom. The average Bonchev–Trinajstić information content (AvgIpc) is 3.19. The van der Waals surface area contributed by atoms with Crippen LogP contribution in [0.25, 0.3) is 11.4 Å². The quantitative estimate of drug-likeness (QED) is 0.553. The lowest BCUT2D eigenvalue weighted by atomic mass is 9.78. The van der Waals surface area contributed by atoms with Crippen molar-refractivity contribution in [3.63, 3.8) is 0 Å². The smallest absolute Gasteiger partial charge is 0.423 e. The van der Waals surface area contributed by atoms with E-state index in [1.807, 2.05) is 24.3 Å². The monoisotopic (exact) mass is 334 g/mol. The van der Waals surface area contributed by atoms with E-state index in [-0.39, 0.29) is 18.0 Å². The normalized spacial score (nSPS) is 13.1. The summed E-state index contributed by atoms with van der Waals surface area (Å²) < 4.78 is 6.75. The number of benzene rings is 1. The highest BCUT2D eigenvalue weighted by Crippen LogP contribution is 2.16. The van der Waals surface area contributed by atoms with Crippen LogP contribution in [-0.2, 0) is 24.7 Å². The van der Waals surface area contributed by atoms with Crippen LogP contribution in [0.3, 0.4) is 0 Å². The number of aromatic nitrogens is 4. The Hall–Kier alpha value is -2.84. The third-order valence-electron chi connectivity index (χ3n) is 4.17. The first kappa shape index (κ1) is 15.7. The Bertz CT molecular complexity index is 942. The van der Waals surface area contributed by atoms with Gasteiger partial charge in [-0.25, -0.2) is 9.67 Å². The minimum absolute atomic E-state index is 0.163. The third-order valence-corrected chi connectivity index (χ3v) is 4.17. The third kappa shape index (κ3) is 2.97. The van der Waals surface area contributed by atoms with Crippen molar-refractivity contribution < 1.29 is 14.5 Å². The van der Waals surface area contributed by atoms with E-state index in [1.165, 1.54) is 0 Å². The number of hydrogen-bond donors (Lipinski definition) is 1. The Kier molecular flexibility index (Phi) is 3.91. The average molecular weight is 334 g/mol. The zero-order valence-electron chi connectivity index (χ0n) is 13.6. The fourth-order valence-electron chi connectivity index (χ4n) is 2.89. The van der Waals surface area contributed by atoms with Crippen molar-refractivity contribution in [2.24, 2.45) is 7.05 Å². The topological polar surface area (TPSA) is 90.1 Å². The van der Waals surface area contributed by atoms with E-state index in [1.54, 1.807) is 30.2 Å². The molecule has 2 aromatic heterocycles. The number of aryl methyl sites for hydroxylation is 1. The minimum Gasteiger partial charge on any atom is -0.423 e. The van der Waals surface area contributed by atoms with Gasteiger partial charge in [0, 0.05) is 31.4 Å². The lowest BCUT2D eigenvalue weighted by molar-refractivity contribution is 0.0983. The van der Waals surface area contributed by atoms with Crippen molar-refractivity contribution >= 4 is 18.4 Å². The molecule has 1 aliphatic rings. The summed E-state index contributed by atoms with van der Waals surface area (Å²) in [6, 6.07) is 9.22. The van der Waals surface area contributed by atoms with Crippen LogP contribution in [0.2, 0.25) is 0 Å². The van der Waals surface area contributed by atoms with Gasteiger partial charge in [-0.3, -0.25) is 9.78 Å². The number of carbonyl (C=O) groups excluding carboxylic acids is 1. The highest BCUT2D eigenvalue weighted by molar-refractivity contribution is 6.61. The number of carbonyl (C=O) groups is 1. The molecule has 0 atom stereocenters. The van der Waals surface area contributed by atoms with Gasteiger partial charge >= 0.3 is 7.12 Å². The van der Waals surface area contributed by atoms with E-state index in [2.05, 4.69) is 15.1 Å². The number of nitrogens with zero attached hydrogens (tertiary/aromatic N) is 4. The maximum Gasteiger partial charge on any atom is 0.491 e. The highest BCUT2D eigenvalue weighted by Gasteiger charge is 2.27. The molecule has 124 valence electrons. The van der Waals surface area contributed by atoms with E-state index in [0.717, 1.165) is 22.2 Å². The molecule has 25 heavy (non-hydrogen) atoms. The van der Waals surface area contributed by atoms with Gasteiger partial charge in [0.2, 0.25) is 11.6 Å². The Labute approximate surface area is 144 Å². The number of ketones is 1. The molecule has 0 fully saturated rings. The first-order valence-corrected chi connectivity index (χ1v) is 7.88. The number of rotatable bonds is 4. The van der Waals surface area contributed by atoms with Crippen molar-refractivity contribution in [1.82, 2.24) is 19.7 Å². The van der Waals surface area contributed by atoms with Gasteiger partial charge in [-0.05, 0) is 28.7 Å². The molecule has 0 spiro atoms. The van der Waals surface area contributed by atoms with Gasteiger partial charge in [-0.15, -0.1) is 5.10 Å². The van der Waals surface area contributed by atoms with Crippen LogP contribution in [0.4, 0.5) is 0 Å². The van der Waals surface area contributed by atoms with Crippen LogP contribution in [0.15, 0.2) is 42.7 Å². The molecule has 1 aliphatic heterocycles. The van der Waals surface area contributed by atoms with Gasteiger partial charge in [0.15, 0.2) is 5.82 Å². The van der Waals surface area contributed by atoms with Crippen LogP contribution >= 0.6 is 0 Å². The summed E-state index contributed by atoms with van der Waals surface area (Å²) >= 11 is 0. The van der Waals surface area contributed by atoms with Gasteiger partial charge in [-0.1, -0.05) is 18.2 Å². The standard InChI is InChI=1S/C17H15BN4O3/c1-22-17(12-3-2-6-19-9-12)20-16(21-22)15(23)8-11-4-5-13-10-25-18(24)14(13)7-11/h2-7,9,24H,8,10H2,1H3. The van der Waals surface area contributed by atoms with E-state index < -0.39 is 7.12 Å². The molecule has 0 unspecified atom stereocenters. The number of fused-ring (bicyclic) bond motifs is 1. The molecule has 3 aromatic rings.